The molecule has 0 saturated heterocycles. The van der Waals surface area contributed by atoms with Crippen molar-refractivity contribution in [3.63, 3.8) is 0 Å². The normalized spacial score (nSPS) is 8.65. The molecule has 0 aliphatic rings. The van der Waals surface area contributed by atoms with Gasteiger partial charge in [0, 0.05) is 5.56 Å². The minimum atomic E-state index is -2.61. The number of hydrogen-bond acceptors (Lipinski definition) is 4. The van der Waals surface area contributed by atoms with Crippen LogP contribution < -0.4 is 56.5 Å². The summed E-state index contributed by atoms with van der Waals surface area (Å²) in [6.45, 7) is 0. The van der Waals surface area contributed by atoms with E-state index < -0.39 is 23.3 Å². The minimum absolute atomic E-state index is 0. The number of carboxylic acid groups (broad SMARTS) is 2. The number of carbonyl (C=O) groups excluding carboxylic acids is 1. The third kappa shape index (κ3) is 8.57. The monoisotopic (exact) mass is 286 g/mol. The van der Waals surface area contributed by atoms with Gasteiger partial charge >= 0.3 is 57.4 Å². The SMILES string of the molecule is O=C([O-])c1ccccc1C(=O)O.O=S(O)O.[K+]. The molecule has 0 aromatic heterocycles. The van der Waals surface area contributed by atoms with Crippen molar-refractivity contribution in [1.29, 1.82) is 0 Å². The van der Waals surface area contributed by atoms with E-state index in [1.807, 2.05) is 0 Å². The van der Waals surface area contributed by atoms with Gasteiger partial charge < -0.3 is 15.0 Å². The zero-order valence-electron chi connectivity index (χ0n) is 8.69. The molecule has 3 N–H and O–H groups in total. The first-order chi connectivity index (χ1) is 7.36. The molecule has 0 unspecified atom stereocenters. The van der Waals surface area contributed by atoms with Crippen LogP contribution in [-0.4, -0.2) is 30.4 Å². The fourth-order valence-electron chi connectivity index (χ4n) is 0.848. The Balaban J connectivity index is 0. The smallest absolute Gasteiger partial charge is 0.545 e. The maximum absolute atomic E-state index is 10.4. The second kappa shape index (κ2) is 9.85. The molecule has 88 valence electrons. The van der Waals surface area contributed by atoms with Crippen LogP contribution in [0.15, 0.2) is 24.3 Å². The summed E-state index contributed by atoms with van der Waals surface area (Å²) in [5.74, 6) is -2.75. The number of rotatable bonds is 2. The van der Waals surface area contributed by atoms with Gasteiger partial charge in [0.15, 0.2) is 0 Å². The molecule has 1 aromatic rings. The third-order valence-electron chi connectivity index (χ3n) is 1.38. The molecule has 0 aliphatic carbocycles. The number of carboxylic acids is 2. The third-order valence-corrected chi connectivity index (χ3v) is 1.38. The average Bonchev–Trinajstić information content (AvgIpc) is 2.16. The van der Waals surface area contributed by atoms with Gasteiger partial charge in [-0.2, -0.15) is 4.21 Å². The van der Waals surface area contributed by atoms with Crippen molar-refractivity contribution in [2.24, 2.45) is 0 Å². The van der Waals surface area contributed by atoms with Crippen LogP contribution in [0, 0.1) is 0 Å². The summed E-state index contributed by atoms with van der Waals surface area (Å²) in [4.78, 5) is 20.8. The van der Waals surface area contributed by atoms with E-state index in [0.717, 1.165) is 0 Å². The molecule has 0 saturated carbocycles. The molecule has 0 spiro atoms. The maximum Gasteiger partial charge on any atom is 1.00 e. The molecule has 1 aromatic carbocycles. The van der Waals surface area contributed by atoms with Crippen LogP contribution in [0.25, 0.3) is 0 Å². The van der Waals surface area contributed by atoms with Crippen molar-refractivity contribution < 1.29 is 84.5 Å². The molecule has 1 rings (SSSR count). The quantitative estimate of drug-likeness (QED) is 0.378. The Morgan fingerprint density at radius 1 is 1.12 bits per heavy atom. The van der Waals surface area contributed by atoms with Gasteiger partial charge in [-0.25, -0.2) is 4.79 Å². The predicted molar refractivity (Wildman–Crippen MR) is 51.1 cm³/mol. The van der Waals surface area contributed by atoms with Crippen molar-refractivity contribution in [3.8, 4) is 0 Å². The van der Waals surface area contributed by atoms with Crippen LogP contribution in [0.1, 0.15) is 20.7 Å². The van der Waals surface area contributed by atoms with E-state index >= 15 is 0 Å². The summed E-state index contributed by atoms with van der Waals surface area (Å²) in [6.07, 6.45) is 0. The van der Waals surface area contributed by atoms with E-state index in [9.17, 15) is 14.7 Å². The van der Waals surface area contributed by atoms with Crippen molar-refractivity contribution in [2.45, 2.75) is 0 Å². The number of carbonyl (C=O) groups is 2. The van der Waals surface area contributed by atoms with Gasteiger partial charge in [-0.3, -0.25) is 9.11 Å². The number of benzene rings is 1. The van der Waals surface area contributed by atoms with Crippen molar-refractivity contribution in [2.75, 3.05) is 0 Å². The molecular formula is C8H7KO7S. The van der Waals surface area contributed by atoms with Crippen LogP contribution in [-0.2, 0) is 11.4 Å². The van der Waals surface area contributed by atoms with Crippen molar-refractivity contribution in [3.05, 3.63) is 35.4 Å². The molecule has 0 radical (unpaired) electrons. The minimum Gasteiger partial charge on any atom is -0.545 e. The Morgan fingerprint density at radius 2 is 1.47 bits per heavy atom. The zero-order valence-corrected chi connectivity index (χ0v) is 12.6. The Morgan fingerprint density at radius 3 is 1.71 bits per heavy atom. The Bertz CT molecular complexity index is 383. The van der Waals surface area contributed by atoms with E-state index in [1.165, 1.54) is 24.3 Å². The summed E-state index contributed by atoms with van der Waals surface area (Å²) >= 11 is -2.61. The van der Waals surface area contributed by atoms with Gasteiger partial charge in [0.25, 0.3) is 11.4 Å². The fourth-order valence-corrected chi connectivity index (χ4v) is 0.848. The van der Waals surface area contributed by atoms with E-state index in [-0.39, 0.29) is 62.5 Å². The Labute approximate surface area is 141 Å². The fraction of sp³-hybridized carbons (Fsp3) is 0. The molecule has 0 atom stereocenters. The van der Waals surface area contributed by atoms with E-state index in [2.05, 4.69) is 0 Å². The first kappa shape index (κ1) is 19.2. The summed E-state index contributed by atoms with van der Waals surface area (Å²) in [6, 6.07) is 5.31. The number of hydrogen-bond donors (Lipinski definition) is 3. The molecule has 0 fully saturated rings. The molecule has 0 heterocycles. The van der Waals surface area contributed by atoms with E-state index in [4.69, 9.17) is 18.4 Å². The summed E-state index contributed by atoms with van der Waals surface area (Å²) < 4.78 is 22.8. The summed E-state index contributed by atoms with van der Waals surface area (Å²) in [5, 5.41) is 18.9. The molecule has 0 bridgehead atoms. The van der Waals surface area contributed by atoms with E-state index in [0.29, 0.717) is 0 Å². The first-order valence-electron chi connectivity index (χ1n) is 3.70. The Kier molecular flexibility index (Phi) is 11.1. The van der Waals surface area contributed by atoms with Crippen LogP contribution in [0.4, 0.5) is 0 Å². The topological polar surface area (TPSA) is 135 Å². The average molecular weight is 286 g/mol. The molecule has 0 amide bonds. The van der Waals surface area contributed by atoms with Gasteiger partial charge in [0.2, 0.25) is 0 Å². The van der Waals surface area contributed by atoms with Crippen LogP contribution in [0.2, 0.25) is 0 Å². The molecule has 17 heavy (non-hydrogen) atoms. The van der Waals surface area contributed by atoms with Gasteiger partial charge in [-0.05, 0) is 6.07 Å². The molecule has 9 heteroatoms. The standard InChI is InChI=1S/C8H6O4.K.H2O3S/c9-7(10)5-3-1-2-4-6(5)8(11)12;;1-4(2)3/h1-4H,(H,9,10)(H,11,12);;(H2,1,2,3)/q;+1;/p-1. The van der Waals surface area contributed by atoms with Crippen LogP contribution in [0.3, 0.4) is 0 Å². The van der Waals surface area contributed by atoms with Crippen LogP contribution in [0.5, 0.6) is 0 Å². The van der Waals surface area contributed by atoms with Gasteiger partial charge in [-0.15, -0.1) is 0 Å². The summed E-state index contributed by atoms with van der Waals surface area (Å²) in [7, 11) is 0. The zero-order chi connectivity index (χ0) is 12.7. The molecular weight excluding hydrogens is 279 g/mol. The van der Waals surface area contributed by atoms with Crippen LogP contribution >= 0.6 is 0 Å². The van der Waals surface area contributed by atoms with Crippen molar-refractivity contribution >= 4 is 23.3 Å². The van der Waals surface area contributed by atoms with Crippen molar-refractivity contribution in [1.82, 2.24) is 0 Å². The summed E-state index contributed by atoms with van der Waals surface area (Å²) in [5.41, 5.74) is -0.553. The predicted octanol–water partition coefficient (Wildman–Crippen LogP) is -3.57. The maximum atomic E-state index is 10.4. The second-order valence-corrected chi connectivity index (χ2v) is 2.83. The Hall–Kier alpha value is -0.134. The van der Waals surface area contributed by atoms with Gasteiger partial charge in [-0.1, -0.05) is 18.2 Å². The second-order valence-electron chi connectivity index (χ2n) is 2.37. The largest absolute Gasteiger partial charge is 1.00 e. The van der Waals surface area contributed by atoms with E-state index in [1.54, 1.807) is 0 Å². The first-order valence-corrected chi connectivity index (χ1v) is 4.76. The van der Waals surface area contributed by atoms with Gasteiger partial charge in [0.05, 0.1) is 11.5 Å². The molecule has 0 aliphatic heterocycles. The molecule has 7 nitrogen and oxygen atoms in total. The number of aromatic carboxylic acids is 2. The van der Waals surface area contributed by atoms with Gasteiger partial charge in [0.1, 0.15) is 0 Å².